The summed E-state index contributed by atoms with van der Waals surface area (Å²) >= 11 is 5.25. The van der Waals surface area contributed by atoms with Gasteiger partial charge in [0.15, 0.2) is 0 Å². The van der Waals surface area contributed by atoms with E-state index in [2.05, 4.69) is 16.8 Å². The minimum absolute atomic E-state index is 0.689. The summed E-state index contributed by atoms with van der Waals surface area (Å²) in [5, 5.41) is 0.689. The Balaban J connectivity index is 2.19. The highest BCUT2D eigenvalue weighted by atomic mass is 35.6. The second kappa shape index (κ2) is 4.80. The van der Waals surface area contributed by atoms with Gasteiger partial charge in [-0.3, -0.25) is 0 Å². The van der Waals surface area contributed by atoms with Crippen molar-refractivity contribution in [3.8, 4) is 0 Å². The standard InChI is InChI=1S/C2H5Cl2Si/c1-5-4-2-3/h2H2,1H3/q+1. The molecule has 0 saturated heterocycles. The van der Waals surface area contributed by atoms with Crippen molar-refractivity contribution in [3.63, 3.8) is 0 Å². The second-order valence-electron chi connectivity index (χ2n) is 0.424. The highest BCUT2D eigenvalue weighted by Gasteiger charge is 1.94. The van der Waals surface area contributed by atoms with Crippen LogP contribution in [0.4, 0.5) is 0 Å². The zero-order valence-electron chi connectivity index (χ0n) is 2.96. The summed E-state index contributed by atoms with van der Waals surface area (Å²) in [4.78, 5) is 0. The lowest BCUT2D eigenvalue weighted by atomic mass is 11.9. The van der Waals surface area contributed by atoms with E-state index in [1.165, 1.54) is 0 Å². The molecule has 0 aromatic carbocycles. The Morgan fingerprint density at radius 2 is 2.60 bits per heavy atom. The molecule has 2 radical (unpaired) electrons. The van der Waals surface area contributed by atoms with E-state index in [0.29, 0.717) is 5.34 Å². The van der Waals surface area contributed by atoms with Crippen molar-refractivity contribution in [2.24, 2.45) is 0 Å². The molecule has 5 heavy (non-hydrogen) atoms. The number of hydrogen-bond acceptors (Lipinski definition) is 0. The topological polar surface area (TPSA) is 0 Å². The zero-order valence-corrected chi connectivity index (χ0v) is 5.47. The summed E-state index contributed by atoms with van der Waals surface area (Å²) < 4.78 is 0. The van der Waals surface area contributed by atoms with Crippen LogP contribution in [0.25, 0.3) is 0 Å². The third kappa shape index (κ3) is 4.80. The first-order chi connectivity index (χ1) is 2.41. The molecule has 0 fully saturated rings. The van der Waals surface area contributed by atoms with Gasteiger partial charge in [-0.25, -0.2) is 0 Å². The third-order valence-electron chi connectivity index (χ3n) is 0.184. The number of rotatable bonds is 2. The highest BCUT2D eigenvalue weighted by molar-refractivity contribution is 6.24. The van der Waals surface area contributed by atoms with E-state index in [-0.39, 0.29) is 0 Å². The molecule has 0 aliphatic carbocycles. The van der Waals surface area contributed by atoms with Crippen LogP contribution >= 0.6 is 11.6 Å². The maximum absolute atomic E-state index is 5.25. The minimum atomic E-state index is 0.689. The van der Waals surface area contributed by atoms with Gasteiger partial charge in [-0.15, -0.1) is 0 Å². The van der Waals surface area contributed by atoms with Crippen LogP contribution in [0.5, 0.6) is 0 Å². The minimum Gasteiger partial charge on any atom is -0.0591 e. The van der Waals surface area contributed by atoms with Gasteiger partial charge in [-0.2, -0.15) is 0 Å². The van der Waals surface area contributed by atoms with Crippen LogP contribution in [0.15, 0.2) is 0 Å². The van der Waals surface area contributed by atoms with E-state index in [1.807, 2.05) is 0 Å². The molecule has 0 aromatic heterocycles. The Hall–Kier alpha value is 0.797. The van der Waals surface area contributed by atoms with Crippen molar-refractivity contribution < 1.29 is 10.3 Å². The van der Waals surface area contributed by atoms with E-state index < -0.39 is 0 Å². The molecule has 0 spiro atoms. The van der Waals surface area contributed by atoms with Crippen LogP contribution < -0.4 is 0 Å². The van der Waals surface area contributed by atoms with Gasteiger partial charge in [0.25, 0.3) is 0 Å². The van der Waals surface area contributed by atoms with Crippen LogP contribution in [-0.2, 0) is 0 Å². The third-order valence-corrected chi connectivity index (χ3v) is 2.57. The van der Waals surface area contributed by atoms with Crippen LogP contribution in [0.2, 0.25) is 6.55 Å². The normalized spacial score (nSPS) is 8.40. The molecule has 3 heteroatoms. The fraction of sp³-hybridized carbons (Fsp3) is 1.00. The Morgan fingerprint density at radius 1 is 2.00 bits per heavy atom. The molecule has 0 amide bonds. The van der Waals surface area contributed by atoms with Crippen molar-refractivity contribution >= 4 is 20.4 Å². The van der Waals surface area contributed by atoms with Crippen molar-refractivity contribution in [2.75, 3.05) is 5.34 Å². The van der Waals surface area contributed by atoms with Crippen molar-refractivity contribution in [1.29, 1.82) is 0 Å². The first-order valence-electron chi connectivity index (χ1n) is 1.22. The lowest BCUT2D eigenvalue weighted by Gasteiger charge is -1.56. The maximum atomic E-state index is 5.25. The van der Waals surface area contributed by atoms with Gasteiger partial charge < -0.3 is 0 Å². The van der Waals surface area contributed by atoms with E-state index in [9.17, 15) is 0 Å². The van der Waals surface area contributed by atoms with Crippen molar-refractivity contribution in [1.82, 2.24) is 0 Å². The summed E-state index contributed by atoms with van der Waals surface area (Å²) in [6.07, 6.45) is 0. The first-order valence-corrected chi connectivity index (χ1v) is 4.80. The molecule has 0 atom stereocenters. The number of halogens is 2. The Morgan fingerprint density at radius 3 is 2.60 bits per heavy atom. The molecule has 0 aliphatic rings. The van der Waals surface area contributed by atoms with Gasteiger partial charge in [0.2, 0.25) is 5.34 Å². The highest BCUT2D eigenvalue weighted by Crippen LogP contribution is 1.73. The molecular weight excluding hydrogens is 123 g/mol. The van der Waals surface area contributed by atoms with Gasteiger partial charge in [0, 0.05) is 0 Å². The van der Waals surface area contributed by atoms with E-state index >= 15 is 0 Å². The summed E-state index contributed by atoms with van der Waals surface area (Å²) in [5.41, 5.74) is 0. The second-order valence-corrected chi connectivity index (χ2v) is 3.81. The summed E-state index contributed by atoms with van der Waals surface area (Å²) in [6, 6.07) is 0. The van der Waals surface area contributed by atoms with Crippen molar-refractivity contribution in [3.05, 3.63) is 0 Å². The van der Waals surface area contributed by atoms with E-state index in [0.717, 1.165) is 8.83 Å². The zero-order chi connectivity index (χ0) is 4.12. The molecule has 0 unspecified atom stereocenters. The molecule has 0 aromatic rings. The fourth-order valence-electron chi connectivity index (χ4n) is 0.0505. The van der Waals surface area contributed by atoms with Crippen molar-refractivity contribution in [2.45, 2.75) is 6.55 Å². The fourth-order valence-corrected chi connectivity index (χ4v) is 1.36. The molecule has 0 bridgehead atoms. The van der Waals surface area contributed by atoms with E-state index in [4.69, 9.17) is 11.6 Å². The predicted octanol–water partition coefficient (Wildman–Crippen LogP) is 0.935. The Labute approximate surface area is 43.1 Å². The van der Waals surface area contributed by atoms with Crippen LogP contribution in [0.3, 0.4) is 0 Å². The van der Waals surface area contributed by atoms with Crippen LogP contribution in [0.1, 0.15) is 0 Å². The average molecular weight is 128 g/mol. The average Bonchev–Trinajstić information content (AvgIpc) is 1.41. The molecule has 0 aliphatic heterocycles. The van der Waals surface area contributed by atoms with Gasteiger partial charge in [0.05, 0.1) is 10.3 Å². The summed E-state index contributed by atoms with van der Waals surface area (Å²) in [5.74, 6) is 0. The largest absolute Gasteiger partial charge is 0.484 e. The van der Waals surface area contributed by atoms with Gasteiger partial charge in [-0.1, -0.05) is 11.6 Å². The molecule has 0 nitrogen and oxygen atoms in total. The quantitative estimate of drug-likeness (QED) is 0.295. The Kier molecular flexibility index (Phi) is 5.56. The smallest absolute Gasteiger partial charge is 0.0591 e. The predicted molar refractivity (Wildman–Crippen MR) is 22.3 cm³/mol. The molecule has 0 N–H and O–H groups in total. The van der Waals surface area contributed by atoms with Gasteiger partial charge >= 0.3 is 8.83 Å². The molecule has 0 rings (SSSR count). The van der Waals surface area contributed by atoms with Gasteiger partial charge in [0.1, 0.15) is 0 Å². The van der Waals surface area contributed by atoms with Crippen LogP contribution in [-0.4, -0.2) is 14.2 Å². The lowest BCUT2D eigenvalue weighted by molar-refractivity contribution is -0.492. The molecule has 0 heterocycles. The summed E-state index contributed by atoms with van der Waals surface area (Å²) in [6.45, 7) is 2.09. The molecular formula is C2H5Cl2Si+. The first kappa shape index (κ1) is 5.80. The van der Waals surface area contributed by atoms with Crippen LogP contribution in [0, 0.1) is 10.3 Å². The maximum Gasteiger partial charge on any atom is 0.484 e. The molecule has 0 saturated carbocycles. The number of alkyl halides is 2. The summed E-state index contributed by atoms with van der Waals surface area (Å²) in [7, 11) is 3.03. The van der Waals surface area contributed by atoms with E-state index in [1.54, 1.807) is 0 Å². The molecule has 30 valence electrons. The SMILES string of the molecule is C[Si][Cl+]CCl. The monoisotopic (exact) mass is 127 g/mol. The lowest BCUT2D eigenvalue weighted by Crippen LogP contribution is -1.84. The Bertz CT molecular complexity index is 15.1. The number of hydrogen-bond donors (Lipinski definition) is 0. The van der Waals surface area contributed by atoms with Gasteiger partial charge in [-0.05, 0) is 6.55 Å².